The van der Waals surface area contributed by atoms with Crippen molar-refractivity contribution < 1.29 is 9.72 Å². The van der Waals surface area contributed by atoms with Crippen LogP contribution in [-0.2, 0) is 6.54 Å². The van der Waals surface area contributed by atoms with Crippen LogP contribution >= 0.6 is 15.9 Å². The predicted molar refractivity (Wildman–Crippen MR) is 83.1 cm³/mol. The highest BCUT2D eigenvalue weighted by atomic mass is 79.9. The van der Waals surface area contributed by atoms with E-state index < -0.39 is 10.8 Å². The van der Waals surface area contributed by atoms with E-state index >= 15 is 0 Å². The van der Waals surface area contributed by atoms with Gasteiger partial charge in [-0.2, -0.15) is 0 Å². The van der Waals surface area contributed by atoms with Crippen LogP contribution in [0.25, 0.3) is 0 Å². The summed E-state index contributed by atoms with van der Waals surface area (Å²) in [5.74, 6) is -0.491. The van der Waals surface area contributed by atoms with E-state index in [4.69, 9.17) is 5.73 Å². The van der Waals surface area contributed by atoms with Crippen molar-refractivity contribution in [1.29, 1.82) is 0 Å². The number of halogens is 1. The average Bonchev–Trinajstić information content (AvgIpc) is 2.46. The molecule has 3 N–H and O–H groups in total. The molecular formula is C14H12BrN3O3. The van der Waals surface area contributed by atoms with E-state index in [1.54, 1.807) is 24.3 Å². The molecular weight excluding hydrogens is 338 g/mol. The normalized spacial score (nSPS) is 10.1. The molecule has 108 valence electrons. The third kappa shape index (κ3) is 3.79. The van der Waals surface area contributed by atoms with Crippen molar-refractivity contribution in [3.63, 3.8) is 0 Å². The van der Waals surface area contributed by atoms with E-state index in [0.29, 0.717) is 16.6 Å². The topological polar surface area (TPSA) is 98.3 Å². The van der Waals surface area contributed by atoms with E-state index in [9.17, 15) is 14.9 Å². The van der Waals surface area contributed by atoms with Gasteiger partial charge in [0.1, 0.15) is 0 Å². The number of nitrogens with zero attached hydrogens (tertiary/aromatic N) is 1. The smallest absolute Gasteiger partial charge is 0.270 e. The first-order valence-corrected chi connectivity index (χ1v) is 6.83. The van der Waals surface area contributed by atoms with Crippen molar-refractivity contribution in [2.45, 2.75) is 6.54 Å². The number of amides is 1. The summed E-state index contributed by atoms with van der Waals surface area (Å²) in [7, 11) is 0. The fourth-order valence-corrected chi connectivity index (χ4v) is 2.28. The lowest BCUT2D eigenvalue weighted by Crippen LogP contribution is -2.11. The Morgan fingerprint density at radius 3 is 2.67 bits per heavy atom. The summed E-state index contributed by atoms with van der Waals surface area (Å²) in [5, 5.41) is 13.8. The van der Waals surface area contributed by atoms with Crippen molar-refractivity contribution in [1.82, 2.24) is 0 Å². The van der Waals surface area contributed by atoms with E-state index in [-0.39, 0.29) is 5.69 Å². The minimum atomic E-state index is -0.491. The number of rotatable bonds is 5. The van der Waals surface area contributed by atoms with Gasteiger partial charge in [0.15, 0.2) is 0 Å². The highest BCUT2D eigenvalue weighted by Crippen LogP contribution is 2.24. The van der Waals surface area contributed by atoms with Crippen LogP contribution in [0.5, 0.6) is 0 Å². The van der Waals surface area contributed by atoms with Crippen molar-refractivity contribution in [3.05, 3.63) is 68.2 Å². The van der Waals surface area contributed by atoms with Crippen LogP contribution in [0, 0.1) is 10.1 Å². The Balaban J connectivity index is 2.11. The number of nitrogens with two attached hydrogens (primary N) is 1. The molecule has 21 heavy (non-hydrogen) atoms. The Labute approximate surface area is 129 Å². The maximum absolute atomic E-state index is 11.1. The first-order chi connectivity index (χ1) is 9.97. The van der Waals surface area contributed by atoms with Gasteiger partial charge in [0.05, 0.1) is 4.92 Å². The summed E-state index contributed by atoms with van der Waals surface area (Å²) in [4.78, 5) is 21.3. The van der Waals surface area contributed by atoms with Gasteiger partial charge in [0, 0.05) is 34.4 Å². The molecule has 0 radical (unpaired) electrons. The summed E-state index contributed by atoms with van der Waals surface area (Å²) in [5.41, 5.74) is 7.28. The molecule has 0 saturated carbocycles. The quantitative estimate of drug-likeness (QED) is 0.640. The average molecular weight is 350 g/mol. The van der Waals surface area contributed by atoms with Gasteiger partial charge in [0.25, 0.3) is 5.69 Å². The van der Waals surface area contributed by atoms with E-state index in [1.165, 1.54) is 12.1 Å². The van der Waals surface area contributed by atoms with Crippen LogP contribution in [0.2, 0.25) is 0 Å². The summed E-state index contributed by atoms with van der Waals surface area (Å²) in [6.07, 6.45) is 0. The molecule has 0 aliphatic heterocycles. The number of benzene rings is 2. The third-order valence-corrected chi connectivity index (χ3v) is 3.62. The Bertz CT molecular complexity index is 704. The number of hydrogen-bond acceptors (Lipinski definition) is 4. The van der Waals surface area contributed by atoms with E-state index in [2.05, 4.69) is 21.2 Å². The number of primary amides is 1. The Morgan fingerprint density at radius 1 is 1.29 bits per heavy atom. The lowest BCUT2D eigenvalue weighted by molar-refractivity contribution is -0.384. The molecule has 1 amide bonds. The molecule has 0 bridgehead atoms. The molecule has 0 atom stereocenters. The number of nitro groups is 1. The molecule has 2 rings (SSSR count). The minimum absolute atomic E-state index is 0.0290. The second-order valence-corrected chi connectivity index (χ2v) is 5.19. The predicted octanol–water partition coefficient (Wildman–Crippen LogP) is 3.07. The van der Waals surface area contributed by atoms with Crippen molar-refractivity contribution in [3.8, 4) is 0 Å². The van der Waals surface area contributed by atoms with Crippen LogP contribution in [0.4, 0.5) is 11.4 Å². The molecule has 2 aromatic carbocycles. The SMILES string of the molecule is NC(=O)c1cccc(NCc2ccc([N+](=O)[O-])cc2Br)c1. The highest BCUT2D eigenvalue weighted by Gasteiger charge is 2.09. The largest absolute Gasteiger partial charge is 0.381 e. The van der Waals surface area contributed by atoms with Crippen molar-refractivity contribution >= 4 is 33.2 Å². The monoisotopic (exact) mass is 349 g/mol. The standard InChI is InChI=1S/C14H12BrN3O3/c15-13-7-12(18(20)21)5-4-10(13)8-17-11-3-1-2-9(6-11)14(16)19/h1-7,17H,8H2,(H2,16,19). The third-order valence-electron chi connectivity index (χ3n) is 2.88. The van der Waals surface area contributed by atoms with Crippen LogP contribution in [-0.4, -0.2) is 10.8 Å². The van der Waals surface area contributed by atoms with Gasteiger partial charge in [-0.3, -0.25) is 14.9 Å². The Hall–Kier alpha value is -2.41. The number of anilines is 1. The second-order valence-electron chi connectivity index (χ2n) is 4.33. The number of carbonyl (C=O) groups excluding carboxylic acids is 1. The van der Waals surface area contributed by atoms with Gasteiger partial charge in [-0.1, -0.05) is 22.0 Å². The molecule has 6 nitrogen and oxygen atoms in total. The highest BCUT2D eigenvalue weighted by molar-refractivity contribution is 9.10. The molecule has 0 aromatic heterocycles. The minimum Gasteiger partial charge on any atom is -0.381 e. The molecule has 7 heteroatoms. The zero-order valence-corrected chi connectivity index (χ0v) is 12.5. The fraction of sp³-hybridized carbons (Fsp3) is 0.0714. The maximum atomic E-state index is 11.1. The molecule has 0 unspecified atom stereocenters. The lowest BCUT2D eigenvalue weighted by atomic mass is 10.1. The molecule has 0 fully saturated rings. The van der Waals surface area contributed by atoms with Crippen LogP contribution < -0.4 is 11.1 Å². The molecule has 2 aromatic rings. The van der Waals surface area contributed by atoms with Gasteiger partial charge < -0.3 is 11.1 Å². The van der Waals surface area contributed by atoms with Gasteiger partial charge in [-0.15, -0.1) is 0 Å². The van der Waals surface area contributed by atoms with E-state index in [1.807, 2.05) is 6.07 Å². The molecule has 0 heterocycles. The fourth-order valence-electron chi connectivity index (χ4n) is 1.77. The number of carbonyl (C=O) groups is 1. The van der Waals surface area contributed by atoms with Crippen molar-refractivity contribution in [2.24, 2.45) is 5.73 Å². The summed E-state index contributed by atoms with van der Waals surface area (Å²) in [6.45, 7) is 0.459. The van der Waals surface area contributed by atoms with Gasteiger partial charge in [-0.25, -0.2) is 0 Å². The van der Waals surface area contributed by atoms with Gasteiger partial charge in [0.2, 0.25) is 5.91 Å². The summed E-state index contributed by atoms with van der Waals surface area (Å²) >= 11 is 3.31. The summed E-state index contributed by atoms with van der Waals surface area (Å²) < 4.78 is 0.648. The van der Waals surface area contributed by atoms with Crippen molar-refractivity contribution in [2.75, 3.05) is 5.32 Å². The number of hydrogen-bond donors (Lipinski definition) is 2. The van der Waals surface area contributed by atoms with Gasteiger partial charge in [-0.05, 0) is 29.8 Å². The Morgan fingerprint density at radius 2 is 2.05 bits per heavy atom. The first-order valence-electron chi connectivity index (χ1n) is 6.04. The molecule has 0 saturated heterocycles. The number of non-ortho nitro benzene ring substituents is 1. The molecule has 0 spiro atoms. The van der Waals surface area contributed by atoms with Crippen LogP contribution in [0.1, 0.15) is 15.9 Å². The first kappa shape index (κ1) is 15.0. The zero-order chi connectivity index (χ0) is 15.4. The molecule has 0 aliphatic carbocycles. The number of nitro benzene ring substituents is 1. The number of nitrogens with one attached hydrogen (secondary N) is 1. The van der Waals surface area contributed by atoms with E-state index in [0.717, 1.165) is 11.3 Å². The maximum Gasteiger partial charge on any atom is 0.270 e. The lowest BCUT2D eigenvalue weighted by Gasteiger charge is -2.09. The second kappa shape index (κ2) is 6.36. The molecule has 0 aliphatic rings. The van der Waals surface area contributed by atoms with Gasteiger partial charge >= 0.3 is 0 Å². The zero-order valence-electron chi connectivity index (χ0n) is 10.9. The Kier molecular flexibility index (Phi) is 4.54. The van der Waals surface area contributed by atoms with Crippen LogP contribution in [0.3, 0.4) is 0 Å². The summed E-state index contributed by atoms with van der Waals surface area (Å²) in [6, 6.07) is 11.4. The van der Waals surface area contributed by atoms with Crippen LogP contribution in [0.15, 0.2) is 46.9 Å².